The van der Waals surface area contributed by atoms with E-state index in [0.29, 0.717) is 9.67 Å². The monoisotopic (exact) mass is 387 g/mol. The van der Waals surface area contributed by atoms with Crippen molar-refractivity contribution in [2.45, 2.75) is 18.0 Å². The smallest absolute Gasteiger partial charge is 0.200 e. The molecule has 1 aromatic carbocycles. The number of aromatic nitrogens is 2. The zero-order valence-electron chi connectivity index (χ0n) is 12.8. The van der Waals surface area contributed by atoms with Crippen LogP contribution in [-0.4, -0.2) is 18.3 Å². The van der Waals surface area contributed by atoms with Crippen molar-refractivity contribution in [2.24, 2.45) is 0 Å². The summed E-state index contributed by atoms with van der Waals surface area (Å²) >= 11 is 1.20. The zero-order chi connectivity index (χ0) is 18.2. The van der Waals surface area contributed by atoms with E-state index < -0.39 is 21.9 Å². The summed E-state index contributed by atoms with van der Waals surface area (Å²) in [7, 11) is -4.08. The Balaban J connectivity index is 2.09. The van der Waals surface area contributed by atoms with Gasteiger partial charge in [-0.25, -0.2) is 0 Å². The van der Waals surface area contributed by atoms with E-state index in [9.17, 15) is 21.6 Å². The summed E-state index contributed by atoms with van der Waals surface area (Å²) in [5.41, 5.74) is -0.427. The molecule has 25 heavy (non-hydrogen) atoms. The highest BCUT2D eigenvalue weighted by atomic mass is 32.2. The molecule has 5 nitrogen and oxygen atoms in total. The standard InChI is InChI=1S/C15H12F3N3O2S2/c1-10-7-8-24-14(10)12-9-13(15(16,17)18)19-21(12)20-25(22,23)11-5-3-2-4-6-11/h2-9,20H,1H3. The second-order valence-corrected chi connectivity index (χ2v) is 7.74. The van der Waals surface area contributed by atoms with E-state index in [4.69, 9.17) is 0 Å². The Bertz CT molecular complexity index is 993. The van der Waals surface area contributed by atoms with Gasteiger partial charge < -0.3 is 0 Å². The lowest BCUT2D eigenvalue weighted by Gasteiger charge is -2.11. The van der Waals surface area contributed by atoms with Crippen LogP contribution in [0.3, 0.4) is 0 Å². The highest BCUT2D eigenvalue weighted by molar-refractivity contribution is 7.92. The van der Waals surface area contributed by atoms with E-state index in [0.717, 1.165) is 11.6 Å². The molecule has 10 heteroatoms. The minimum Gasteiger partial charge on any atom is -0.200 e. The number of nitrogens with zero attached hydrogens (tertiary/aromatic N) is 2. The average molecular weight is 387 g/mol. The van der Waals surface area contributed by atoms with Crippen LogP contribution in [0, 0.1) is 6.92 Å². The Morgan fingerprint density at radius 2 is 1.84 bits per heavy atom. The van der Waals surface area contributed by atoms with E-state index in [1.165, 1.54) is 35.6 Å². The maximum absolute atomic E-state index is 13.0. The minimum absolute atomic E-state index is 0.0272. The van der Waals surface area contributed by atoms with Gasteiger partial charge in [0.1, 0.15) is 5.69 Å². The number of halogens is 3. The second-order valence-electron chi connectivity index (χ2n) is 5.16. The maximum atomic E-state index is 13.0. The van der Waals surface area contributed by atoms with Gasteiger partial charge >= 0.3 is 6.18 Å². The van der Waals surface area contributed by atoms with Crippen LogP contribution in [0.1, 0.15) is 11.3 Å². The number of sulfonamides is 1. The molecule has 1 N–H and O–H groups in total. The van der Waals surface area contributed by atoms with Crippen molar-refractivity contribution in [3.8, 4) is 10.6 Å². The van der Waals surface area contributed by atoms with Gasteiger partial charge in [-0.2, -0.15) is 31.2 Å². The third-order valence-electron chi connectivity index (χ3n) is 3.35. The van der Waals surface area contributed by atoms with Crippen molar-refractivity contribution in [1.29, 1.82) is 0 Å². The molecular weight excluding hydrogens is 375 g/mol. The molecule has 3 aromatic rings. The predicted molar refractivity (Wildman–Crippen MR) is 88.3 cm³/mol. The lowest BCUT2D eigenvalue weighted by molar-refractivity contribution is -0.141. The number of benzene rings is 1. The normalized spacial score (nSPS) is 12.3. The Hall–Kier alpha value is -2.33. The molecule has 0 aliphatic rings. The van der Waals surface area contributed by atoms with Crippen molar-refractivity contribution in [3.63, 3.8) is 0 Å². The molecule has 0 aliphatic carbocycles. The number of thiophene rings is 1. The van der Waals surface area contributed by atoms with Crippen LogP contribution in [0.4, 0.5) is 13.2 Å². The lowest BCUT2D eigenvalue weighted by Crippen LogP contribution is -2.25. The molecular formula is C15H12F3N3O2S2. The number of aryl methyl sites for hydroxylation is 1. The van der Waals surface area contributed by atoms with Crippen molar-refractivity contribution in [2.75, 3.05) is 4.83 Å². The summed E-state index contributed by atoms with van der Waals surface area (Å²) in [5.74, 6) is 0. The number of alkyl halides is 3. The summed E-state index contributed by atoms with van der Waals surface area (Å²) in [6, 6.07) is 9.91. The Kier molecular flexibility index (Phi) is 4.33. The Morgan fingerprint density at radius 1 is 1.16 bits per heavy atom. The first-order valence-electron chi connectivity index (χ1n) is 6.98. The molecule has 0 radical (unpaired) electrons. The average Bonchev–Trinajstić information content (AvgIpc) is 3.13. The van der Waals surface area contributed by atoms with Gasteiger partial charge in [-0.1, -0.05) is 18.2 Å². The SMILES string of the molecule is Cc1ccsc1-c1cc(C(F)(F)F)nn1NS(=O)(=O)c1ccccc1. The third-order valence-corrected chi connectivity index (χ3v) is 5.70. The number of nitrogens with one attached hydrogen (secondary N) is 1. The number of rotatable bonds is 4. The molecule has 0 aliphatic heterocycles. The van der Waals surface area contributed by atoms with Crippen LogP contribution in [0.2, 0.25) is 0 Å². The lowest BCUT2D eigenvalue weighted by atomic mass is 10.2. The first-order chi connectivity index (χ1) is 11.7. The predicted octanol–water partition coefficient (Wildman–Crippen LogP) is 3.87. The van der Waals surface area contributed by atoms with Gasteiger partial charge in [0.2, 0.25) is 0 Å². The van der Waals surface area contributed by atoms with Crippen LogP contribution in [0.25, 0.3) is 10.6 Å². The van der Waals surface area contributed by atoms with Gasteiger partial charge in [0.25, 0.3) is 10.0 Å². The molecule has 0 amide bonds. The number of hydrogen-bond donors (Lipinski definition) is 1. The fourth-order valence-electron chi connectivity index (χ4n) is 2.15. The van der Waals surface area contributed by atoms with Crippen LogP contribution in [-0.2, 0) is 16.2 Å². The minimum atomic E-state index is -4.69. The highest BCUT2D eigenvalue weighted by Crippen LogP contribution is 2.34. The summed E-state index contributed by atoms with van der Waals surface area (Å²) in [6.07, 6.45) is -4.69. The van der Waals surface area contributed by atoms with Gasteiger partial charge in [0.05, 0.1) is 9.77 Å². The first-order valence-corrected chi connectivity index (χ1v) is 9.34. The molecule has 0 saturated carbocycles. The highest BCUT2D eigenvalue weighted by Gasteiger charge is 2.36. The first kappa shape index (κ1) is 17.5. The molecule has 0 unspecified atom stereocenters. The maximum Gasteiger partial charge on any atom is 0.435 e. The van der Waals surface area contributed by atoms with E-state index in [1.54, 1.807) is 24.4 Å². The van der Waals surface area contributed by atoms with Crippen molar-refractivity contribution in [3.05, 3.63) is 59.1 Å². The van der Waals surface area contributed by atoms with Crippen LogP contribution in [0.5, 0.6) is 0 Å². The van der Waals surface area contributed by atoms with E-state index in [-0.39, 0.29) is 10.6 Å². The summed E-state index contributed by atoms with van der Waals surface area (Å²) < 4.78 is 63.9. The molecule has 0 atom stereocenters. The molecule has 0 spiro atoms. The fourth-order valence-corrected chi connectivity index (χ4v) is 4.07. The molecule has 132 valence electrons. The van der Waals surface area contributed by atoms with Crippen molar-refractivity contribution < 1.29 is 21.6 Å². The Morgan fingerprint density at radius 3 is 2.40 bits per heavy atom. The van der Waals surface area contributed by atoms with E-state index >= 15 is 0 Å². The molecule has 0 saturated heterocycles. The summed E-state index contributed by atoms with van der Waals surface area (Å²) in [5, 5.41) is 5.11. The van der Waals surface area contributed by atoms with Crippen LogP contribution < -0.4 is 4.83 Å². The van der Waals surface area contributed by atoms with Crippen LogP contribution in [0.15, 0.2) is 52.7 Å². The van der Waals surface area contributed by atoms with Gasteiger partial charge in [-0.3, -0.25) is 0 Å². The molecule has 0 bridgehead atoms. The van der Waals surface area contributed by atoms with Crippen molar-refractivity contribution in [1.82, 2.24) is 9.89 Å². The van der Waals surface area contributed by atoms with Gasteiger partial charge in [-0.05, 0) is 42.1 Å². The van der Waals surface area contributed by atoms with Gasteiger partial charge in [-0.15, -0.1) is 16.4 Å². The summed E-state index contributed by atoms with van der Waals surface area (Å²) in [6.45, 7) is 1.72. The Labute approximate surface area is 145 Å². The third kappa shape index (κ3) is 3.54. The van der Waals surface area contributed by atoms with E-state index in [1.807, 2.05) is 0 Å². The largest absolute Gasteiger partial charge is 0.435 e. The topological polar surface area (TPSA) is 64.0 Å². The van der Waals surface area contributed by atoms with Gasteiger partial charge in [0.15, 0.2) is 5.69 Å². The zero-order valence-corrected chi connectivity index (χ0v) is 14.4. The summed E-state index contributed by atoms with van der Waals surface area (Å²) in [4.78, 5) is 3.18. The van der Waals surface area contributed by atoms with Crippen molar-refractivity contribution >= 4 is 21.4 Å². The molecule has 3 rings (SSSR count). The van der Waals surface area contributed by atoms with E-state index in [2.05, 4.69) is 9.93 Å². The number of hydrogen-bond acceptors (Lipinski definition) is 4. The second kappa shape index (κ2) is 6.19. The molecule has 2 aromatic heterocycles. The quantitative estimate of drug-likeness (QED) is 0.739. The molecule has 0 fully saturated rings. The molecule has 2 heterocycles. The fraction of sp³-hybridized carbons (Fsp3) is 0.133. The van der Waals surface area contributed by atoms with Gasteiger partial charge in [0, 0.05) is 0 Å². The van der Waals surface area contributed by atoms with Crippen LogP contribution >= 0.6 is 11.3 Å².